The predicted octanol–water partition coefficient (Wildman–Crippen LogP) is 3.01. The van der Waals surface area contributed by atoms with E-state index in [0.29, 0.717) is 0 Å². The van der Waals surface area contributed by atoms with Gasteiger partial charge in [0.15, 0.2) is 0 Å². The maximum atomic E-state index is 12.1. The van der Waals surface area contributed by atoms with Crippen molar-refractivity contribution < 1.29 is 5.11 Å². The van der Waals surface area contributed by atoms with E-state index >= 15 is 0 Å². The maximum Gasteiger partial charge on any atom is -0.0385 e. The summed E-state index contributed by atoms with van der Waals surface area (Å²) in [4.78, 5) is 0. The molecule has 0 fully saturated rings. The highest BCUT2D eigenvalue weighted by molar-refractivity contribution is 5.45. The lowest BCUT2D eigenvalue weighted by Gasteiger charge is -2.33. The topological polar surface area (TPSA) is 23.1 Å². The van der Waals surface area contributed by atoms with Gasteiger partial charge in [-0.2, -0.15) is 5.57 Å². The summed E-state index contributed by atoms with van der Waals surface area (Å²) in [5.74, 6) is 1.23. The van der Waals surface area contributed by atoms with Gasteiger partial charge in [0.1, 0.15) is 0 Å². The van der Waals surface area contributed by atoms with E-state index in [1.807, 2.05) is 62.5 Å². The van der Waals surface area contributed by atoms with Gasteiger partial charge in [-0.15, -0.1) is 24.8 Å². The molecule has 1 atom stereocenters. The van der Waals surface area contributed by atoms with Crippen LogP contribution in [-0.2, 0) is 0 Å². The zero-order valence-electron chi connectivity index (χ0n) is 10.2. The molecule has 2 rings (SSSR count). The molecule has 0 amide bonds. The van der Waals surface area contributed by atoms with Gasteiger partial charge in [0.25, 0.3) is 0 Å². The van der Waals surface area contributed by atoms with Crippen LogP contribution in [0.2, 0.25) is 0 Å². The maximum absolute atomic E-state index is 12.1. The lowest BCUT2D eigenvalue weighted by molar-refractivity contribution is -0.313. The molecule has 0 saturated carbocycles. The van der Waals surface area contributed by atoms with Crippen LogP contribution < -0.4 is 5.11 Å². The molecule has 88 valence electrons. The highest BCUT2D eigenvalue weighted by Crippen LogP contribution is 2.26. The lowest BCUT2D eigenvalue weighted by Crippen LogP contribution is -2.19. The Kier molecular flexibility index (Phi) is 3.38. The molecular formula is C16H16O-2. The first-order valence-electron chi connectivity index (χ1n) is 5.84. The summed E-state index contributed by atoms with van der Waals surface area (Å²) < 4.78 is 0. The van der Waals surface area contributed by atoms with Gasteiger partial charge in [-0.25, -0.2) is 12.0 Å². The molecule has 2 aliphatic carbocycles. The van der Waals surface area contributed by atoms with Crippen molar-refractivity contribution in [2.75, 3.05) is 0 Å². The van der Waals surface area contributed by atoms with E-state index in [1.54, 1.807) is 0 Å². The second-order valence-electron chi connectivity index (χ2n) is 4.37. The number of rotatable bonds is 3. The molecule has 0 aliphatic heterocycles. The quantitative estimate of drug-likeness (QED) is 0.534. The Morgan fingerprint density at radius 3 is 2.24 bits per heavy atom. The van der Waals surface area contributed by atoms with E-state index in [1.165, 1.54) is 0 Å². The fraction of sp³-hybridized carbons (Fsp3) is 0.188. The van der Waals surface area contributed by atoms with Gasteiger partial charge < -0.3 is 5.11 Å². The fourth-order valence-electron chi connectivity index (χ4n) is 1.87. The Bertz CT molecular complexity index is 442. The minimum absolute atomic E-state index is 0.0627. The van der Waals surface area contributed by atoms with Crippen molar-refractivity contribution in [2.45, 2.75) is 13.8 Å². The second-order valence-corrected chi connectivity index (χ2v) is 4.37. The van der Waals surface area contributed by atoms with Crippen LogP contribution in [0.25, 0.3) is 0 Å². The van der Waals surface area contributed by atoms with Crippen molar-refractivity contribution in [3.8, 4) is 0 Å². The summed E-state index contributed by atoms with van der Waals surface area (Å²) in [5.41, 5.74) is 1.96. The van der Waals surface area contributed by atoms with Crippen LogP contribution in [0, 0.1) is 11.8 Å². The monoisotopic (exact) mass is 224 g/mol. The van der Waals surface area contributed by atoms with Crippen molar-refractivity contribution in [3.63, 3.8) is 0 Å². The Balaban J connectivity index is 2.12. The van der Waals surface area contributed by atoms with Crippen molar-refractivity contribution in [2.24, 2.45) is 5.92 Å². The fourth-order valence-corrected chi connectivity index (χ4v) is 1.87. The van der Waals surface area contributed by atoms with Crippen molar-refractivity contribution in [3.05, 3.63) is 77.5 Å². The summed E-state index contributed by atoms with van der Waals surface area (Å²) in [6.07, 6.45) is 17.7. The standard InChI is InChI=1S/C16H17O/c1-12(11-14-7-3-4-8-14)13(2)16(17)15-9-5-6-10-15/h3-11,13,17H,1-2H3/q-1/p-1. The molecule has 0 radical (unpaired) electrons. The zero-order valence-corrected chi connectivity index (χ0v) is 10.2. The summed E-state index contributed by atoms with van der Waals surface area (Å²) >= 11 is 0. The highest BCUT2D eigenvalue weighted by Gasteiger charge is 2.04. The predicted molar refractivity (Wildman–Crippen MR) is 69.8 cm³/mol. The van der Waals surface area contributed by atoms with Crippen LogP contribution in [0.1, 0.15) is 13.8 Å². The van der Waals surface area contributed by atoms with Crippen LogP contribution in [0.15, 0.2) is 71.6 Å². The molecular weight excluding hydrogens is 208 g/mol. The molecule has 0 aromatic carbocycles. The largest absolute Gasteiger partial charge is 0.876 e. The number of hydrogen-bond acceptors (Lipinski definition) is 1. The average molecular weight is 224 g/mol. The SMILES string of the molecule is C[C-](C=C1C=CC=C1)C(C)C([O-])=C1C=CC=C1. The zero-order chi connectivity index (χ0) is 12.3. The van der Waals surface area contributed by atoms with Gasteiger partial charge >= 0.3 is 0 Å². The van der Waals surface area contributed by atoms with Gasteiger partial charge in [0.05, 0.1) is 0 Å². The van der Waals surface area contributed by atoms with E-state index < -0.39 is 0 Å². The van der Waals surface area contributed by atoms with Gasteiger partial charge in [0, 0.05) is 0 Å². The lowest BCUT2D eigenvalue weighted by atomic mass is 9.90. The minimum Gasteiger partial charge on any atom is -0.876 e. The summed E-state index contributed by atoms with van der Waals surface area (Å²) in [6, 6.07) is 0. The summed E-state index contributed by atoms with van der Waals surface area (Å²) in [6.45, 7) is 3.97. The van der Waals surface area contributed by atoms with Crippen LogP contribution >= 0.6 is 0 Å². The van der Waals surface area contributed by atoms with E-state index in [0.717, 1.165) is 17.1 Å². The smallest absolute Gasteiger partial charge is 0.0385 e. The van der Waals surface area contributed by atoms with Crippen LogP contribution in [-0.4, -0.2) is 0 Å². The minimum atomic E-state index is -0.0627. The van der Waals surface area contributed by atoms with Gasteiger partial charge in [-0.3, -0.25) is 0 Å². The molecule has 0 bridgehead atoms. The Morgan fingerprint density at radius 2 is 1.65 bits per heavy atom. The van der Waals surface area contributed by atoms with Gasteiger partial charge in [-0.05, 0) is 5.57 Å². The van der Waals surface area contributed by atoms with E-state index in [4.69, 9.17) is 0 Å². The first-order chi connectivity index (χ1) is 8.18. The Morgan fingerprint density at radius 1 is 1.12 bits per heavy atom. The van der Waals surface area contributed by atoms with Gasteiger partial charge in [-0.1, -0.05) is 49.3 Å². The van der Waals surface area contributed by atoms with Crippen molar-refractivity contribution >= 4 is 0 Å². The third-order valence-electron chi connectivity index (χ3n) is 3.11. The summed E-state index contributed by atoms with van der Waals surface area (Å²) in [7, 11) is 0. The highest BCUT2D eigenvalue weighted by atomic mass is 16.3. The Labute approximate surface area is 103 Å². The first kappa shape index (κ1) is 11.6. The van der Waals surface area contributed by atoms with Crippen LogP contribution in [0.5, 0.6) is 0 Å². The molecule has 17 heavy (non-hydrogen) atoms. The van der Waals surface area contributed by atoms with E-state index in [2.05, 4.69) is 6.08 Å². The molecule has 1 nitrogen and oxygen atoms in total. The third kappa shape index (κ3) is 2.62. The summed E-state index contributed by atoms with van der Waals surface area (Å²) in [5, 5.41) is 12.1. The molecule has 1 unspecified atom stereocenters. The van der Waals surface area contributed by atoms with E-state index in [9.17, 15) is 5.11 Å². The molecule has 1 heteroatoms. The Hall–Kier alpha value is -1.89. The number of hydrogen-bond donors (Lipinski definition) is 0. The molecule has 0 spiro atoms. The average Bonchev–Trinajstić information content (AvgIpc) is 2.99. The van der Waals surface area contributed by atoms with E-state index in [-0.39, 0.29) is 11.7 Å². The molecule has 0 aromatic rings. The first-order valence-corrected chi connectivity index (χ1v) is 5.84. The molecule has 0 N–H and O–H groups in total. The molecule has 2 aliphatic rings. The molecule has 0 heterocycles. The van der Waals surface area contributed by atoms with Crippen molar-refractivity contribution in [1.82, 2.24) is 0 Å². The van der Waals surface area contributed by atoms with Gasteiger partial charge in [0.2, 0.25) is 0 Å². The normalized spacial score (nSPS) is 18.0. The number of allylic oxidation sites excluding steroid dienone is 12. The van der Waals surface area contributed by atoms with Crippen LogP contribution in [0.3, 0.4) is 0 Å². The van der Waals surface area contributed by atoms with Crippen LogP contribution in [0.4, 0.5) is 0 Å². The third-order valence-corrected chi connectivity index (χ3v) is 3.11. The second kappa shape index (κ2) is 4.96. The van der Waals surface area contributed by atoms with Crippen molar-refractivity contribution in [1.29, 1.82) is 0 Å². The molecule has 0 aromatic heterocycles. The molecule has 0 saturated heterocycles.